The summed E-state index contributed by atoms with van der Waals surface area (Å²) in [6.07, 6.45) is 3.81. The van der Waals surface area contributed by atoms with Crippen LogP contribution in [-0.2, 0) is 34.0 Å². The lowest BCUT2D eigenvalue weighted by Crippen LogP contribution is -2.51. The third-order valence-electron chi connectivity index (χ3n) is 6.72. The number of esters is 2. The molecule has 7 heteroatoms. The van der Waals surface area contributed by atoms with E-state index in [1.54, 1.807) is 0 Å². The topological polar surface area (TPSA) is 71.1 Å². The van der Waals surface area contributed by atoms with Crippen LogP contribution in [0.5, 0.6) is 0 Å². The van der Waals surface area contributed by atoms with Crippen molar-refractivity contribution in [1.29, 1.82) is 0 Å². The maximum atomic E-state index is 12.6. The quantitative estimate of drug-likeness (QED) is 0.333. The number of halogens is 1. The molecule has 164 valence electrons. The van der Waals surface area contributed by atoms with E-state index in [4.69, 9.17) is 18.9 Å². The van der Waals surface area contributed by atoms with Gasteiger partial charge in [0.2, 0.25) is 0 Å². The van der Waals surface area contributed by atoms with E-state index < -0.39 is 29.1 Å². The predicted molar refractivity (Wildman–Crippen MR) is 115 cm³/mol. The van der Waals surface area contributed by atoms with Gasteiger partial charge < -0.3 is 18.9 Å². The second-order valence-electron chi connectivity index (χ2n) is 8.04. The van der Waals surface area contributed by atoms with Gasteiger partial charge >= 0.3 is 11.9 Å². The SMILES string of the molecule is C=C[C@@H]1CCC(C2(C)OCCO2)[C@]1(CC(C(=O)OC)C(=O)OC)c1ccc(Br)cc1. The number of benzene rings is 1. The number of methoxy groups -OCH3 is 2. The molecule has 6 nitrogen and oxygen atoms in total. The highest BCUT2D eigenvalue weighted by Gasteiger charge is 2.60. The lowest BCUT2D eigenvalue weighted by molar-refractivity contribution is -0.198. The molecule has 0 radical (unpaired) electrons. The van der Waals surface area contributed by atoms with Gasteiger partial charge in [-0.1, -0.05) is 34.1 Å². The largest absolute Gasteiger partial charge is 0.468 e. The second-order valence-corrected chi connectivity index (χ2v) is 8.95. The summed E-state index contributed by atoms with van der Waals surface area (Å²) < 4.78 is 23.0. The fraction of sp³-hybridized carbons (Fsp3) is 0.565. The molecule has 2 fully saturated rings. The summed E-state index contributed by atoms with van der Waals surface area (Å²) >= 11 is 3.50. The molecule has 0 amide bonds. The Hall–Kier alpha value is -1.70. The fourth-order valence-electron chi connectivity index (χ4n) is 5.38. The molecular formula is C23H29BrO6. The minimum absolute atomic E-state index is 0.0186. The summed E-state index contributed by atoms with van der Waals surface area (Å²) in [5, 5.41) is 0. The number of hydrogen-bond donors (Lipinski definition) is 0. The highest BCUT2D eigenvalue weighted by molar-refractivity contribution is 9.10. The Morgan fingerprint density at radius 1 is 1.17 bits per heavy atom. The van der Waals surface area contributed by atoms with Gasteiger partial charge in [-0.25, -0.2) is 0 Å². The summed E-state index contributed by atoms with van der Waals surface area (Å²) in [5.41, 5.74) is 0.394. The number of allylic oxidation sites excluding steroid dienone is 1. The van der Waals surface area contributed by atoms with Crippen molar-refractivity contribution < 1.29 is 28.5 Å². The molecule has 1 saturated carbocycles. The van der Waals surface area contributed by atoms with Gasteiger partial charge in [-0.2, -0.15) is 0 Å². The van der Waals surface area contributed by atoms with Crippen molar-refractivity contribution in [3.63, 3.8) is 0 Å². The fourth-order valence-corrected chi connectivity index (χ4v) is 5.65. The zero-order chi connectivity index (χ0) is 21.9. The molecular weight excluding hydrogens is 452 g/mol. The third-order valence-corrected chi connectivity index (χ3v) is 7.25. The Morgan fingerprint density at radius 3 is 2.23 bits per heavy atom. The van der Waals surface area contributed by atoms with Crippen molar-refractivity contribution in [3.05, 3.63) is 47.0 Å². The van der Waals surface area contributed by atoms with E-state index in [1.165, 1.54) is 14.2 Å². The number of carbonyl (C=O) groups is 2. The molecule has 1 aromatic rings. The first kappa shape index (κ1) is 23.0. The number of ether oxygens (including phenoxy) is 4. The van der Waals surface area contributed by atoms with Crippen LogP contribution in [0.1, 0.15) is 31.7 Å². The van der Waals surface area contributed by atoms with Crippen LogP contribution in [0.15, 0.2) is 41.4 Å². The molecule has 0 spiro atoms. The van der Waals surface area contributed by atoms with Crippen molar-refractivity contribution in [2.75, 3.05) is 27.4 Å². The Labute approximate surface area is 186 Å². The van der Waals surface area contributed by atoms with Crippen LogP contribution in [0.2, 0.25) is 0 Å². The molecule has 30 heavy (non-hydrogen) atoms. The molecule has 1 heterocycles. The summed E-state index contributed by atoms with van der Waals surface area (Å²) in [5.74, 6) is -3.16. The molecule has 2 aliphatic rings. The Kier molecular flexibility index (Phi) is 7.05. The van der Waals surface area contributed by atoms with E-state index >= 15 is 0 Å². The first-order valence-electron chi connectivity index (χ1n) is 10.1. The third kappa shape index (κ3) is 3.95. The Bertz CT molecular complexity index is 769. The van der Waals surface area contributed by atoms with Crippen LogP contribution in [0.25, 0.3) is 0 Å². The van der Waals surface area contributed by atoms with Gasteiger partial charge in [-0.05, 0) is 49.8 Å². The molecule has 1 saturated heterocycles. The number of hydrogen-bond acceptors (Lipinski definition) is 6. The Balaban J connectivity index is 2.18. The van der Waals surface area contributed by atoms with E-state index in [2.05, 4.69) is 22.5 Å². The summed E-state index contributed by atoms with van der Waals surface area (Å²) in [7, 11) is 2.57. The van der Waals surface area contributed by atoms with E-state index in [1.807, 2.05) is 37.3 Å². The molecule has 1 aliphatic heterocycles. The lowest BCUT2D eigenvalue weighted by atomic mass is 9.60. The number of carbonyl (C=O) groups excluding carboxylic acids is 2. The van der Waals surface area contributed by atoms with Crippen LogP contribution in [-0.4, -0.2) is 45.2 Å². The van der Waals surface area contributed by atoms with Crippen LogP contribution in [0.3, 0.4) is 0 Å². The van der Waals surface area contributed by atoms with E-state index in [-0.39, 0.29) is 18.3 Å². The molecule has 1 unspecified atom stereocenters. The van der Waals surface area contributed by atoms with Crippen LogP contribution < -0.4 is 0 Å². The summed E-state index contributed by atoms with van der Waals surface area (Å²) in [6, 6.07) is 8.00. The smallest absolute Gasteiger partial charge is 0.320 e. The molecule has 0 bridgehead atoms. The van der Waals surface area contributed by atoms with E-state index in [0.29, 0.717) is 13.2 Å². The lowest BCUT2D eigenvalue weighted by Gasteiger charge is -2.46. The van der Waals surface area contributed by atoms with Gasteiger partial charge in [0.25, 0.3) is 0 Å². The average molecular weight is 481 g/mol. The predicted octanol–water partition coefficient (Wildman–Crippen LogP) is 4.01. The van der Waals surface area contributed by atoms with Crippen molar-refractivity contribution in [2.24, 2.45) is 17.8 Å². The average Bonchev–Trinajstić information content (AvgIpc) is 3.36. The minimum atomic E-state index is -1.06. The van der Waals surface area contributed by atoms with Crippen molar-refractivity contribution in [3.8, 4) is 0 Å². The van der Waals surface area contributed by atoms with E-state index in [0.717, 1.165) is 22.9 Å². The van der Waals surface area contributed by atoms with Crippen LogP contribution >= 0.6 is 15.9 Å². The molecule has 0 N–H and O–H groups in total. The van der Waals surface area contributed by atoms with Gasteiger partial charge in [-0.3, -0.25) is 9.59 Å². The minimum Gasteiger partial charge on any atom is -0.468 e. The van der Waals surface area contributed by atoms with Gasteiger partial charge in [-0.15, -0.1) is 6.58 Å². The highest BCUT2D eigenvalue weighted by Crippen LogP contribution is 2.59. The normalized spacial score (nSPS) is 27.8. The highest BCUT2D eigenvalue weighted by atomic mass is 79.9. The van der Waals surface area contributed by atoms with Crippen LogP contribution in [0, 0.1) is 17.8 Å². The molecule has 0 aromatic heterocycles. The second kappa shape index (κ2) is 9.20. The standard InChI is InChI=1S/C23H29BrO6/c1-5-15-8-11-19(22(2)29-12-13-30-22)23(15,16-6-9-17(24)10-7-16)14-18(20(25)27-3)21(26)28-4/h5-7,9-10,15,18-19H,1,8,11-14H2,2-4H3/t15-,19?,23+/m1/s1. The van der Waals surface area contributed by atoms with Crippen LogP contribution in [0.4, 0.5) is 0 Å². The van der Waals surface area contributed by atoms with Crippen molar-refractivity contribution >= 4 is 27.9 Å². The number of rotatable bonds is 7. The zero-order valence-corrected chi connectivity index (χ0v) is 19.3. The Morgan fingerprint density at radius 2 is 1.73 bits per heavy atom. The van der Waals surface area contributed by atoms with E-state index in [9.17, 15) is 9.59 Å². The van der Waals surface area contributed by atoms with Gasteiger partial charge in [0.05, 0.1) is 27.4 Å². The molecule has 3 rings (SSSR count). The molecule has 1 aromatic carbocycles. The monoisotopic (exact) mass is 480 g/mol. The maximum Gasteiger partial charge on any atom is 0.320 e. The van der Waals surface area contributed by atoms with Gasteiger partial charge in [0.1, 0.15) is 0 Å². The molecule has 3 atom stereocenters. The summed E-state index contributed by atoms with van der Waals surface area (Å²) in [6.45, 7) is 7.06. The van der Waals surface area contributed by atoms with Crippen molar-refractivity contribution in [1.82, 2.24) is 0 Å². The summed E-state index contributed by atoms with van der Waals surface area (Å²) in [4.78, 5) is 25.2. The van der Waals surface area contributed by atoms with Gasteiger partial charge in [0, 0.05) is 15.8 Å². The first-order chi connectivity index (χ1) is 14.3. The van der Waals surface area contributed by atoms with Crippen molar-refractivity contribution in [2.45, 2.75) is 37.4 Å². The molecule has 1 aliphatic carbocycles. The maximum absolute atomic E-state index is 12.6. The first-order valence-corrected chi connectivity index (χ1v) is 10.9. The van der Waals surface area contributed by atoms with Gasteiger partial charge in [0.15, 0.2) is 11.7 Å². The zero-order valence-electron chi connectivity index (χ0n) is 17.7.